The largest absolute Gasteiger partial charge is 0.469 e. The zero-order chi connectivity index (χ0) is 18.6. The molecule has 0 N–H and O–H groups in total. The van der Waals surface area contributed by atoms with E-state index in [1.54, 1.807) is 19.9 Å². The van der Waals surface area contributed by atoms with Crippen LogP contribution < -0.4 is 4.74 Å². The molecule has 3 aliphatic heterocycles. The van der Waals surface area contributed by atoms with Crippen LogP contribution in [-0.4, -0.2) is 35.2 Å². The molecule has 3 atom stereocenters. The van der Waals surface area contributed by atoms with Gasteiger partial charge in [0, 0.05) is 23.6 Å². The van der Waals surface area contributed by atoms with Crippen LogP contribution in [-0.2, 0) is 23.9 Å². The monoisotopic (exact) mass is 355 g/mol. The fraction of sp³-hybridized carbons (Fsp3) is 0.316. The number of amides is 2. The molecule has 3 aliphatic rings. The summed E-state index contributed by atoms with van der Waals surface area (Å²) in [4.78, 5) is 37.4. The minimum atomic E-state index is -0.870. The molecule has 3 unspecified atom stereocenters. The van der Waals surface area contributed by atoms with Crippen molar-refractivity contribution in [1.82, 2.24) is 4.90 Å². The molecule has 7 nitrogen and oxygen atoms in total. The maximum absolute atomic E-state index is 12.7. The van der Waals surface area contributed by atoms with Gasteiger partial charge in [0.2, 0.25) is 5.91 Å². The maximum atomic E-state index is 12.7. The molecular weight excluding hydrogens is 338 g/mol. The number of para-hydroxylation sites is 1. The minimum absolute atomic E-state index is 0.295. The first kappa shape index (κ1) is 16.4. The van der Waals surface area contributed by atoms with E-state index in [-0.39, 0.29) is 0 Å². The molecule has 1 aromatic carbocycles. The van der Waals surface area contributed by atoms with Crippen LogP contribution in [0.3, 0.4) is 0 Å². The highest BCUT2D eigenvalue weighted by Crippen LogP contribution is 2.48. The summed E-state index contributed by atoms with van der Waals surface area (Å²) >= 11 is 0. The Morgan fingerprint density at radius 1 is 1.19 bits per heavy atom. The Balaban J connectivity index is 1.69. The number of carbonyl (C=O) groups is 3. The van der Waals surface area contributed by atoms with Gasteiger partial charge in [0.05, 0.1) is 17.8 Å². The highest BCUT2D eigenvalue weighted by Gasteiger charge is 2.53. The molecular formula is C19H17NO6. The van der Waals surface area contributed by atoms with E-state index in [1.807, 2.05) is 18.2 Å². The summed E-state index contributed by atoms with van der Waals surface area (Å²) in [7, 11) is 0. The number of ether oxygens (including phenoxy) is 3. The van der Waals surface area contributed by atoms with E-state index in [4.69, 9.17) is 14.2 Å². The SMILES string of the molecule is CC(=O)N1C(=O)/C(=C/OC2OC(=O)C(C)=C2C)C2c3ccccc3OC21. The Morgan fingerprint density at radius 3 is 2.58 bits per heavy atom. The molecule has 0 saturated carbocycles. The van der Waals surface area contributed by atoms with Crippen molar-refractivity contribution in [3.05, 3.63) is 52.8 Å². The molecule has 0 bridgehead atoms. The van der Waals surface area contributed by atoms with Crippen molar-refractivity contribution >= 4 is 17.8 Å². The van der Waals surface area contributed by atoms with E-state index in [2.05, 4.69) is 0 Å². The molecule has 1 saturated heterocycles. The van der Waals surface area contributed by atoms with Crippen LogP contribution in [0.5, 0.6) is 5.75 Å². The summed E-state index contributed by atoms with van der Waals surface area (Å²) in [5, 5.41) is 0. The number of fused-ring (bicyclic) bond motifs is 3. The number of nitrogens with zero attached hydrogens (tertiary/aromatic N) is 1. The third-order valence-electron chi connectivity index (χ3n) is 4.97. The van der Waals surface area contributed by atoms with Gasteiger partial charge in [-0.15, -0.1) is 0 Å². The molecule has 1 fully saturated rings. The van der Waals surface area contributed by atoms with E-state index in [1.165, 1.54) is 13.2 Å². The average Bonchev–Trinajstić information content (AvgIpc) is 3.18. The normalized spacial score (nSPS) is 28.2. The lowest BCUT2D eigenvalue weighted by Gasteiger charge is -2.19. The predicted molar refractivity (Wildman–Crippen MR) is 88.5 cm³/mol. The summed E-state index contributed by atoms with van der Waals surface area (Å²) < 4.78 is 16.5. The third kappa shape index (κ3) is 2.23. The molecule has 2 amide bonds. The molecule has 26 heavy (non-hydrogen) atoms. The number of benzene rings is 1. The van der Waals surface area contributed by atoms with Crippen LogP contribution in [0.4, 0.5) is 0 Å². The summed E-state index contributed by atoms with van der Waals surface area (Å²) in [5.74, 6) is -1.12. The number of hydrogen-bond acceptors (Lipinski definition) is 6. The van der Waals surface area contributed by atoms with Gasteiger partial charge in [-0.2, -0.15) is 0 Å². The first-order valence-corrected chi connectivity index (χ1v) is 8.23. The van der Waals surface area contributed by atoms with Gasteiger partial charge in [0.1, 0.15) is 5.75 Å². The summed E-state index contributed by atoms with van der Waals surface area (Å²) in [5.41, 5.74) is 2.25. The molecule has 0 aliphatic carbocycles. The zero-order valence-corrected chi connectivity index (χ0v) is 14.5. The quantitative estimate of drug-likeness (QED) is 0.458. The minimum Gasteiger partial charge on any atom is -0.469 e. The molecule has 0 aromatic heterocycles. The Hall–Kier alpha value is -3.09. The molecule has 4 rings (SSSR count). The number of cyclic esters (lactones) is 1. The lowest BCUT2D eigenvalue weighted by molar-refractivity contribution is -0.153. The topological polar surface area (TPSA) is 82.1 Å². The van der Waals surface area contributed by atoms with Gasteiger partial charge >= 0.3 is 5.97 Å². The van der Waals surface area contributed by atoms with Crippen molar-refractivity contribution in [3.8, 4) is 5.75 Å². The Kier molecular flexibility index (Phi) is 3.61. The van der Waals surface area contributed by atoms with Crippen LogP contribution in [0.1, 0.15) is 32.3 Å². The van der Waals surface area contributed by atoms with Crippen LogP contribution in [0.15, 0.2) is 47.2 Å². The summed E-state index contributed by atoms with van der Waals surface area (Å²) in [6, 6.07) is 7.33. The maximum Gasteiger partial charge on any atom is 0.337 e. The van der Waals surface area contributed by atoms with Crippen LogP contribution >= 0.6 is 0 Å². The second kappa shape index (κ2) is 5.72. The smallest absolute Gasteiger partial charge is 0.337 e. The highest BCUT2D eigenvalue weighted by atomic mass is 16.7. The second-order valence-corrected chi connectivity index (χ2v) is 6.47. The number of rotatable bonds is 2. The van der Waals surface area contributed by atoms with Crippen LogP contribution in [0.25, 0.3) is 0 Å². The van der Waals surface area contributed by atoms with Crippen molar-refractivity contribution in [2.24, 2.45) is 0 Å². The second-order valence-electron chi connectivity index (χ2n) is 6.47. The van der Waals surface area contributed by atoms with Crippen LogP contribution in [0.2, 0.25) is 0 Å². The van der Waals surface area contributed by atoms with E-state index in [0.29, 0.717) is 22.5 Å². The van der Waals surface area contributed by atoms with Crippen molar-refractivity contribution in [2.45, 2.75) is 39.2 Å². The van der Waals surface area contributed by atoms with Crippen LogP contribution in [0, 0.1) is 0 Å². The lowest BCUT2D eigenvalue weighted by Crippen LogP contribution is -2.40. The van der Waals surface area contributed by atoms with Gasteiger partial charge in [-0.25, -0.2) is 9.69 Å². The van der Waals surface area contributed by atoms with Crippen molar-refractivity contribution in [2.75, 3.05) is 0 Å². The van der Waals surface area contributed by atoms with Crippen molar-refractivity contribution < 1.29 is 28.6 Å². The third-order valence-corrected chi connectivity index (χ3v) is 4.97. The summed E-state index contributed by atoms with van der Waals surface area (Å²) in [6.07, 6.45) is -0.309. The fourth-order valence-electron chi connectivity index (χ4n) is 3.43. The molecule has 134 valence electrons. The number of carbonyl (C=O) groups excluding carboxylic acids is 3. The van der Waals surface area contributed by atoms with Gasteiger partial charge in [-0.05, 0) is 19.9 Å². The fourth-order valence-corrected chi connectivity index (χ4v) is 3.43. The van der Waals surface area contributed by atoms with E-state index < -0.39 is 36.2 Å². The summed E-state index contributed by atoms with van der Waals surface area (Å²) in [6.45, 7) is 4.71. The van der Waals surface area contributed by atoms with Gasteiger partial charge in [-0.3, -0.25) is 9.59 Å². The first-order valence-electron chi connectivity index (χ1n) is 8.23. The predicted octanol–water partition coefficient (Wildman–Crippen LogP) is 2.00. The molecule has 7 heteroatoms. The number of hydrogen-bond donors (Lipinski definition) is 0. The molecule has 1 aromatic rings. The zero-order valence-electron chi connectivity index (χ0n) is 14.5. The number of esters is 1. The molecule has 3 heterocycles. The first-order chi connectivity index (χ1) is 12.4. The standard InChI is InChI=1S/C19H17NO6/c1-9-10(2)19(26-18(9)23)24-8-13-15-12-6-4-5-7-14(12)25-17(15)20(11(3)21)16(13)22/h4-8,15,17,19H,1-3H3/b13-8+. The Labute approximate surface area is 149 Å². The van der Waals surface area contributed by atoms with Gasteiger partial charge < -0.3 is 14.2 Å². The molecule has 0 radical (unpaired) electrons. The van der Waals surface area contributed by atoms with Gasteiger partial charge in [0.25, 0.3) is 12.2 Å². The Bertz CT molecular complexity index is 899. The lowest BCUT2D eigenvalue weighted by atomic mass is 9.94. The van der Waals surface area contributed by atoms with Crippen molar-refractivity contribution in [3.63, 3.8) is 0 Å². The van der Waals surface area contributed by atoms with Crippen molar-refractivity contribution in [1.29, 1.82) is 0 Å². The average molecular weight is 355 g/mol. The Morgan fingerprint density at radius 2 is 1.92 bits per heavy atom. The number of imide groups is 1. The highest BCUT2D eigenvalue weighted by molar-refractivity contribution is 6.07. The van der Waals surface area contributed by atoms with Gasteiger partial charge in [-0.1, -0.05) is 18.2 Å². The van der Waals surface area contributed by atoms with E-state index in [9.17, 15) is 14.4 Å². The molecule has 0 spiro atoms. The van der Waals surface area contributed by atoms with E-state index >= 15 is 0 Å². The number of likely N-dealkylation sites (tertiary alicyclic amines) is 1. The van der Waals surface area contributed by atoms with E-state index in [0.717, 1.165) is 10.5 Å². The van der Waals surface area contributed by atoms with Gasteiger partial charge in [0.15, 0.2) is 6.23 Å².